The van der Waals surface area contributed by atoms with Crippen LogP contribution in [0.2, 0.25) is 0 Å². The van der Waals surface area contributed by atoms with Crippen LogP contribution in [-0.2, 0) is 24.0 Å². The fourth-order valence-electron chi connectivity index (χ4n) is 5.00. The van der Waals surface area contributed by atoms with Crippen molar-refractivity contribution in [2.45, 2.75) is 19.8 Å². The first kappa shape index (κ1) is 38.2. The first-order chi connectivity index (χ1) is 22.9. The summed E-state index contributed by atoms with van der Waals surface area (Å²) in [5.41, 5.74) is 0.807. The van der Waals surface area contributed by atoms with E-state index in [-0.39, 0.29) is 83.8 Å². The molecule has 17 nitrogen and oxygen atoms in total. The number of carbonyl (C=O) groups excluding carboxylic acids is 3. The first-order valence-corrected chi connectivity index (χ1v) is 16.5. The molecule has 2 aromatic rings. The molecule has 0 unspecified atom stereocenters. The second kappa shape index (κ2) is 19.6. The van der Waals surface area contributed by atoms with Crippen LogP contribution in [0.15, 0.2) is 18.2 Å². The van der Waals surface area contributed by atoms with Crippen molar-refractivity contribution in [1.29, 1.82) is 0 Å². The summed E-state index contributed by atoms with van der Waals surface area (Å²) in [4.78, 5) is 83.3. The van der Waals surface area contributed by atoms with Crippen molar-refractivity contribution in [3.63, 3.8) is 0 Å². The number of benzene rings is 1. The minimum Gasteiger partial charge on any atom is -0.480 e. The predicted octanol–water partition coefficient (Wildman–Crippen LogP) is -0.644. The number of anilines is 1. The van der Waals surface area contributed by atoms with Crippen LogP contribution < -0.4 is 16.0 Å². The maximum atomic E-state index is 13.1. The van der Waals surface area contributed by atoms with Crippen LogP contribution in [0.3, 0.4) is 0 Å². The third kappa shape index (κ3) is 13.9. The van der Waals surface area contributed by atoms with Gasteiger partial charge in [-0.25, -0.2) is 4.98 Å². The van der Waals surface area contributed by atoms with Crippen LogP contribution in [0.5, 0.6) is 0 Å². The number of hydrogen-bond donors (Lipinski definition) is 6. The largest absolute Gasteiger partial charge is 0.480 e. The summed E-state index contributed by atoms with van der Waals surface area (Å²) in [6.45, 7) is 3.82. The van der Waals surface area contributed by atoms with E-state index in [2.05, 4.69) is 20.9 Å². The molecule has 0 radical (unpaired) electrons. The highest BCUT2D eigenvalue weighted by Gasteiger charge is 2.22. The van der Waals surface area contributed by atoms with Gasteiger partial charge < -0.3 is 31.3 Å². The molecule has 2 heterocycles. The molecule has 1 fully saturated rings. The van der Waals surface area contributed by atoms with Crippen LogP contribution in [-0.4, -0.2) is 167 Å². The highest BCUT2D eigenvalue weighted by molar-refractivity contribution is 7.22. The smallest absolute Gasteiger partial charge is 0.317 e. The van der Waals surface area contributed by atoms with Gasteiger partial charge in [0.25, 0.3) is 5.91 Å². The zero-order valence-corrected chi connectivity index (χ0v) is 27.8. The van der Waals surface area contributed by atoms with E-state index in [1.807, 2.05) is 11.8 Å². The summed E-state index contributed by atoms with van der Waals surface area (Å²) in [6, 6.07) is 4.90. The average Bonchev–Trinajstić information content (AvgIpc) is 3.41. The van der Waals surface area contributed by atoms with Crippen molar-refractivity contribution in [3.05, 3.63) is 23.8 Å². The van der Waals surface area contributed by atoms with Crippen molar-refractivity contribution in [2.24, 2.45) is 0 Å². The Labute approximate surface area is 281 Å². The van der Waals surface area contributed by atoms with E-state index in [1.54, 1.807) is 32.9 Å². The fourth-order valence-corrected chi connectivity index (χ4v) is 5.86. The molecular formula is C30H44N8O9S. The molecule has 0 spiro atoms. The summed E-state index contributed by atoms with van der Waals surface area (Å²) >= 11 is 1.22. The molecule has 48 heavy (non-hydrogen) atoms. The number of rotatable bonds is 15. The Hall–Kier alpha value is -4.23. The number of amides is 3. The third-order valence-electron chi connectivity index (χ3n) is 7.53. The molecule has 1 aromatic heterocycles. The van der Waals surface area contributed by atoms with Gasteiger partial charge in [0.2, 0.25) is 11.8 Å². The van der Waals surface area contributed by atoms with Crippen molar-refractivity contribution < 1.29 is 44.1 Å². The van der Waals surface area contributed by atoms with Crippen LogP contribution in [0.25, 0.3) is 10.2 Å². The van der Waals surface area contributed by atoms with Gasteiger partial charge in [0.05, 0.1) is 42.9 Å². The third-order valence-corrected chi connectivity index (χ3v) is 8.48. The number of aromatic nitrogens is 1. The minimum atomic E-state index is -1.04. The Morgan fingerprint density at radius 1 is 0.729 bits per heavy atom. The number of aliphatic carboxylic acids is 3. The Kier molecular flexibility index (Phi) is 15.6. The van der Waals surface area contributed by atoms with Gasteiger partial charge in [-0.3, -0.25) is 48.4 Å². The number of nitrogens with zero attached hydrogens (tertiary/aromatic N) is 5. The lowest BCUT2D eigenvalue weighted by Gasteiger charge is -2.32. The molecule has 1 aromatic carbocycles. The number of carbonyl (C=O) groups is 6. The molecule has 6 N–H and O–H groups in total. The van der Waals surface area contributed by atoms with Gasteiger partial charge in [-0.05, 0) is 24.6 Å². The Morgan fingerprint density at radius 2 is 1.23 bits per heavy atom. The predicted molar refractivity (Wildman–Crippen MR) is 177 cm³/mol. The summed E-state index contributed by atoms with van der Waals surface area (Å²) in [5.74, 6) is -4.19. The van der Waals surface area contributed by atoms with Gasteiger partial charge in [-0.15, -0.1) is 0 Å². The molecule has 1 saturated heterocycles. The number of carboxylic acids is 3. The molecule has 0 atom stereocenters. The minimum absolute atomic E-state index is 0.0726. The van der Waals surface area contributed by atoms with Gasteiger partial charge in [-0.1, -0.05) is 24.7 Å². The summed E-state index contributed by atoms with van der Waals surface area (Å²) in [7, 11) is 0. The van der Waals surface area contributed by atoms with E-state index in [0.29, 0.717) is 35.8 Å². The second-order valence-corrected chi connectivity index (χ2v) is 12.5. The topological polar surface area (TPSA) is 225 Å². The zero-order valence-electron chi connectivity index (χ0n) is 27.0. The molecule has 264 valence electrons. The Balaban J connectivity index is 1.65. The van der Waals surface area contributed by atoms with Crippen LogP contribution in [0.1, 0.15) is 30.1 Å². The van der Waals surface area contributed by atoms with Crippen LogP contribution in [0, 0.1) is 0 Å². The summed E-state index contributed by atoms with van der Waals surface area (Å²) in [5, 5.41) is 36.6. The molecule has 1 aliphatic heterocycles. The molecule has 1 aliphatic rings. The average molecular weight is 693 g/mol. The molecular weight excluding hydrogens is 648 g/mol. The molecule has 0 aliphatic carbocycles. The maximum Gasteiger partial charge on any atom is 0.317 e. The lowest BCUT2D eigenvalue weighted by Crippen LogP contribution is -2.49. The van der Waals surface area contributed by atoms with Gasteiger partial charge in [0.1, 0.15) is 0 Å². The van der Waals surface area contributed by atoms with E-state index in [9.17, 15) is 44.1 Å². The van der Waals surface area contributed by atoms with E-state index < -0.39 is 23.8 Å². The Morgan fingerprint density at radius 3 is 1.71 bits per heavy atom. The lowest BCUT2D eigenvalue weighted by molar-refractivity contribution is -0.140. The monoisotopic (exact) mass is 692 g/mol. The molecule has 3 amide bonds. The number of carboxylic acid groups (broad SMARTS) is 3. The fraction of sp³-hybridized carbons (Fsp3) is 0.567. The molecule has 0 bridgehead atoms. The lowest BCUT2D eigenvalue weighted by atomic mass is 10.2. The van der Waals surface area contributed by atoms with Gasteiger partial charge in [-0.2, -0.15) is 0 Å². The van der Waals surface area contributed by atoms with Gasteiger partial charge in [0, 0.05) is 64.5 Å². The number of nitrogens with one attached hydrogen (secondary N) is 3. The van der Waals surface area contributed by atoms with Crippen LogP contribution >= 0.6 is 11.3 Å². The first-order valence-electron chi connectivity index (χ1n) is 15.7. The van der Waals surface area contributed by atoms with Gasteiger partial charge in [0.15, 0.2) is 5.13 Å². The van der Waals surface area contributed by atoms with Crippen molar-refractivity contribution >= 4 is 62.3 Å². The van der Waals surface area contributed by atoms with E-state index in [1.165, 1.54) is 11.3 Å². The zero-order chi connectivity index (χ0) is 35.1. The van der Waals surface area contributed by atoms with E-state index in [0.717, 1.165) is 17.5 Å². The van der Waals surface area contributed by atoms with Crippen LogP contribution in [0.4, 0.5) is 5.13 Å². The molecule has 3 rings (SSSR count). The standard InChI is InChI=1S/C30H44N8O9S/c1-2-3-6-31-24(39)16-32-29(47)21-4-5-23-22(15-21)33-30(48-23)34-25(40)17-35-7-9-36(18-26(41)42)11-13-38(20-28(45)46)14-12-37(10-8-35)19-27(43)44/h4-5,15H,2-3,6-14,16-20H2,1H3,(H,31,39)(H,32,47)(H,41,42)(H,43,44)(H,45,46)(H,33,34,40). The van der Waals surface area contributed by atoms with E-state index in [4.69, 9.17) is 0 Å². The SMILES string of the molecule is CCCCNC(=O)CNC(=O)c1ccc2sc(NC(=O)CN3CCN(CC(=O)O)CCN(CC(=O)O)CCN(CC(=O)O)CC3)nc2c1. The number of fused-ring (bicyclic) bond motifs is 1. The summed E-state index contributed by atoms with van der Waals surface area (Å²) in [6.07, 6.45) is 1.80. The van der Waals surface area contributed by atoms with E-state index >= 15 is 0 Å². The number of thiazole rings is 1. The number of unbranched alkanes of at least 4 members (excludes halogenated alkanes) is 1. The Bertz CT molecular complexity index is 1410. The van der Waals surface area contributed by atoms with Crippen molar-refractivity contribution in [1.82, 2.24) is 35.2 Å². The molecule has 0 saturated carbocycles. The highest BCUT2D eigenvalue weighted by atomic mass is 32.1. The summed E-state index contributed by atoms with van der Waals surface area (Å²) < 4.78 is 0.732. The van der Waals surface area contributed by atoms with Gasteiger partial charge >= 0.3 is 17.9 Å². The van der Waals surface area contributed by atoms with Crippen molar-refractivity contribution in [3.8, 4) is 0 Å². The number of hydrogen-bond acceptors (Lipinski definition) is 12. The van der Waals surface area contributed by atoms with Crippen molar-refractivity contribution in [2.75, 3.05) is 96.9 Å². The maximum absolute atomic E-state index is 13.1. The highest BCUT2D eigenvalue weighted by Crippen LogP contribution is 2.26. The normalized spacial score (nSPS) is 16.0. The quantitative estimate of drug-likeness (QED) is 0.128. The molecule has 18 heteroatoms. The second-order valence-electron chi connectivity index (χ2n) is 11.4.